The first-order valence-corrected chi connectivity index (χ1v) is 8.09. The number of nitrogens with one attached hydrogen (secondary N) is 1. The molecule has 0 aliphatic carbocycles. The van der Waals surface area contributed by atoms with E-state index in [2.05, 4.69) is 15.5 Å². The highest BCUT2D eigenvalue weighted by Gasteiger charge is 2.29. The Balaban J connectivity index is 1.54. The van der Waals surface area contributed by atoms with Crippen LogP contribution < -0.4 is 11.1 Å². The molecule has 1 saturated heterocycles. The van der Waals surface area contributed by atoms with Crippen molar-refractivity contribution in [1.29, 1.82) is 0 Å². The molecule has 7 heteroatoms. The zero-order valence-electron chi connectivity index (χ0n) is 12.1. The molecule has 2 atom stereocenters. The number of carbonyl (C=O) groups excluding carboxylic acids is 1. The van der Waals surface area contributed by atoms with Crippen molar-refractivity contribution in [3.63, 3.8) is 0 Å². The summed E-state index contributed by atoms with van der Waals surface area (Å²) in [7, 11) is 0. The first-order chi connectivity index (χ1) is 10.8. The molecule has 0 saturated carbocycles. The Morgan fingerprint density at radius 1 is 1.32 bits per heavy atom. The number of benzene rings is 1. The minimum atomic E-state index is -0.393. The summed E-state index contributed by atoms with van der Waals surface area (Å²) in [5.41, 5.74) is 6.58. The van der Waals surface area contributed by atoms with Gasteiger partial charge in [-0.15, -0.1) is 10.2 Å². The maximum atomic E-state index is 12.0. The van der Waals surface area contributed by atoms with Gasteiger partial charge in [0.2, 0.25) is 5.91 Å². The molecule has 6 nitrogen and oxygen atoms in total. The lowest BCUT2D eigenvalue weighted by Gasteiger charge is -2.11. The summed E-state index contributed by atoms with van der Waals surface area (Å²) in [6, 6.07) is 9.86. The SMILES string of the molecule is NC[C@H]1CC[C@@H](C(=O)NCc2nnc(-c3ccccc3)s2)O1. The summed E-state index contributed by atoms with van der Waals surface area (Å²) in [5, 5.41) is 12.8. The quantitative estimate of drug-likeness (QED) is 0.868. The van der Waals surface area contributed by atoms with Crippen LogP contribution >= 0.6 is 11.3 Å². The lowest BCUT2D eigenvalue weighted by molar-refractivity contribution is -0.132. The van der Waals surface area contributed by atoms with Crippen LogP contribution in [0.3, 0.4) is 0 Å². The van der Waals surface area contributed by atoms with Gasteiger partial charge in [-0.25, -0.2) is 0 Å². The van der Waals surface area contributed by atoms with Crippen LogP contribution in [0.4, 0.5) is 0 Å². The maximum Gasteiger partial charge on any atom is 0.249 e. The molecular weight excluding hydrogens is 300 g/mol. The Morgan fingerprint density at radius 2 is 2.14 bits per heavy atom. The minimum absolute atomic E-state index is 0.00182. The van der Waals surface area contributed by atoms with E-state index < -0.39 is 6.10 Å². The molecule has 1 aliphatic rings. The summed E-state index contributed by atoms with van der Waals surface area (Å²) in [4.78, 5) is 12.0. The second-order valence-corrected chi connectivity index (χ2v) is 6.21. The zero-order valence-corrected chi connectivity index (χ0v) is 12.9. The number of hydrogen-bond donors (Lipinski definition) is 2. The third-order valence-corrected chi connectivity index (χ3v) is 4.54. The van der Waals surface area contributed by atoms with Gasteiger partial charge in [0.15, 0.2) is 0 Å². The largest absolute Gasteiger partial charge is 0.364 e. The van der Waals surface area contributed by atoms with E-state index in [1.165, 1.54) is 11.3 Å². The van der Waals surface area contributed by atoms with Crippen LogP contribution in [0.2, 0.25) is 0 Å². The van der Waals surface area contributed by atoms with Crippen molar-refractivity contribution >= 4 is 17.2 Å². The number of carbonyl (C=O) groups is 1. The molecule has 22 heavy (non-hydrogen) atoms. The van der Waals surface area contributed by atoms with Gasteiger partial charge in [-0.05, 0) is 12.8 Å². The highest BCUT2D eigenvalue weighted by Crippen LogP contribution is 2.23. The normalized spacial score (nSPS) is 21.0. The third kappa shape index (κ3) is 3.49. The van der Waals surface area contributed by atoms with E-state index in [0.717, 1.165) is 28.4 Å². The van der Waals surface area contributed by atoms with Gasteiger partial charge in [-0.1, -0.05) is 41.7 Å². The number of aromatic nitrogens is 2. The van der Waals surface area contributed by atoms with Gasteiger partial charge in [0.05, 0.1) is 12.6 Å². The van der Waals surface area contributed by atoms with E-state index in [1.807, 2.05) is 30.3 Å². The number of rotatable bonds is 5. The van der Waals surface area contributed by atoms with E-state index in [9.17, 15) is 4.79 Å². The maximum absolute atomic E-state index is 12.0. The highest BCUT2D eigenvalue weighted by molar-refractivity contribution is 7.14. The van der Waals surface area contributed by atoms with E-state index in [1.54, 1.807) is 0 Å². The van der Waals surface area contributed by atoms with Crippen molar-refractivity contribution in [1.82, 2.24) is 15.5 Å². The van der Waals surface area contributed by atoms with Crippen LogP contribution in [-0.2, 0) is 16.1 Å². The number of nitrogens with zero attached hydrogens (tertiary/aromatic N) is 2. The minimum Gasteiger partial charge on any atom is -0.364 e. The molecule has 0 unspecified atom stereocenters. The molecule has 0 bridgehead atoms. The van der Waals surface area contributed by atoms with Gasteiger partial charge in [-0.3, -0.25) is 4.79 Å². The standard InChI is InChI=1S/C15H18N4O2S/c16-8-11-6-7-12(21-11)14(20)17-9-13-18-19-15(22-13)10-4-2-1-3-5-10/h1-5,11-12H,6-9,16H2,(H,17,20)/t11-,12+/m1/s1. The smallest absolute Gasteiger partial charge is 0.249 e. The lowest BCUT2D eigenvalue weighted by Crippen LogP contribution is -2.35. The van der Waals surface area contributed by atoms with E-state index in [-0.39, 0.29) is 12.0 Å². The Kier molecular flexibility index (Phi) is 4.77. The summed E-state index contributed by atoms with van der Waals surface area (Å²) in [5.74, 6) is -0.104. The molecule has 0 radical (unpaired) electrons. The van der Waals surface area contributed by atoms with Crippen LogP contribution in [0, 0.1) is 0 Å². The van der Waals surface area contributed by atoms with Gasteiger partial charge < -0.3 is 15.8 Å². The molecule has 1 aromatic carbocycles. The van der Waals surface area contributed by atoms with E-state index in [4.69, 9.17) is 10.5 Å². The average Bonchev–Trinajstić information content (AvgIpc) is 3.22. The number of hydrogen-bond acceptors (Lipinski definition) is 6. The fourth-order valence-corrected chi connectivity index (χ4v) is 3.16. The van der Waals surface area contributed by atoms with Crippen LogP contribution in [0.5, 0.6) is 0 Å². The van der Waals surface area contributed by atoms with Crippen molar-refractivity contribution in [2.24, 2.45) is 5.73 Å². The molecule has 0 spiro atoms. The Bertz CT molecular complexity index is 631. The van der Waals surface area contributed by atoms with Crippen LogP contribution in [0.1, 0.15) is 17.8 Å². The van der Waals surface area contributed by atoms with Crippen LogP contribution in [-0.4, -0.2) is 34.9 Å². The first kappa shape index (κ1) is 15.1. The van der Waals surface area contributed by atoms with Crippen molar-refractivity contribution in [2.45, 2.75) is 31.6 Å². The van der Waals surface area contributed by atoms with Gasteiger partial charge in [0, 0.05) is 12.1 Å². The van der Waals surface area contributed by atoms with Gasteiger partial charge in [-0.2, -0.15) is 0 Å². The van der Waals surface area contributed by atoms with Crippen LogP contribution in [0.25, 0.3) is 10.6 Å². The third-order valence-electron chi connectivity index (χ3n) is 3.56. The van der Waals surface area contributed by atoms with Crippen molar-refractivity contribution < 1.29 is 9.53 Å². The molecular formula is C15H18N4O2S. The van der Waals surface area contributed by atoms with Crippen LogP contribution in [0.15, 0.2) is 30.3 Å². The Hall–Kier alpha value is -1.83. The lowest BCUT2D eigenvalue weighted by atomic mass is 10.2. The summed E-state index contributed by atoms with van der Waals surface area (Å²) in [6.07, 6.45) is 1.17. The Labute approximate surface area is 132 Å². The van der Waals surface area contributed by atoms with Gasteiger partial charge >= 0.3 is 0 Å². The summed E-state index contributed by atoms with van der Waals surface area (Å²) >= 11 is 1.48. The molecule has 3 N–H and O–H groups in total. The predicted molar refractivity (Wildman–Crippen MR) is 84.1 cm³/mol. The zero-order chi connectivity index (χ0) is 15.4. The molecule has 1 amide bonds. The predicted octanol–water partition coefficient (Wildman–Crippen LogP) is 1.33. The molecule has 2 heterocycles. The molecule has 2 aromatic rings. The molecule has 116 valence electrons. The van der Waals surface area contributed by atoms with E-state index in [0.29, 0.717) is 13.1 Å². The highest BCUT2D eigenvalue weighted by atomic mass is 32.1. The topological polar surface area (TPSA) is 90.1 Å². The molecule has 1 aliphatic heterocycles. The second kappa shape index (κ2) is 6.95. The fourth-order valence-electron chi connectivity index (χ4n) is 2.37. The average molecular weight is 318 g/mol. The summed E-state index contributed by atoms with van der Waals surface area (Å²) in [6.45, 7) is 0.830. The van der Waals surface area contributed by atoms with Crippen molar-refractivity contribution in [3.05, 3.63) is 35.3 Å². The summed E-state index contributed by atoms with van der Waals surface area (Å²) < 4.78 is 5.57. The molecule has 1 aromatic heterocycles. The number of nitrogens with two attached hydrogens (primary N) is 1. The first-order valence-electron chi connectivity index (χ1n) is 7.27. The fraction of sp³-hybridized carbons (Fsp3) is 0.400. The van der Waals surface area contributed by atoms with Gasteiger partial charge in [0.1, 0.15) is 16.1 Å². The van der Waals surface area contributed by atoms with Gasteiger partial charge in [0.25, 0.3) is 0 Å². The van der Waals surface area contributed by atoms with E-state index >= 15 is 0 Å². The Morgan fingerprint density at radius 3 is 2.86 bits per heavy atom. The van der Waals surface area contributed by atoms with Crippen molar-refractivity contribution in [3.8, 4) is 10.6 Å². The second-order valence-electron chi connectivity index (χ2n) is 5.14. The monoisotopic (exact) mass is 318 g/mol. The molecule has 1 fully saturated rings. The number of amides is 1. The van der Waals surface area contributed by atoms with Crippen molar-refractivity contribution in [2.75, 3.05) is 6.54 Å². The molecule has 3 rings (SSSR count). The number of ether oxygens (including phenoxy) is 1.